The van der Waals surface area contributed by atoms with E-state index in [2.05, 4.69) is 15.5 Å². The Kier molecular flexibility index (Phi) is 7.63. The second kappa shape index (κ2) is 10.4. The molecule has 1 aromatic heterocycles. The van der Waals surface area contributed by atoms with Gasteiger partial charge in [-0.05, 0) is 48.0 Å². The van der Waals surface area contributed by atoms with Gasteiger partial charge >= 0.3 is 13.3 Å². The molecule has 4 N–H and O–H groups in total. The molecule has 0 aliphatic carbocycles. The van der Waals surface area contributed by atoms with E-state index in [1.54, 1.807) is 42.5 Å². The number of ether oxygens (including phenoxy) is 1. The van der Waals surface area contributed by atoms with E-state index in [4.69, 9.17) is 37.7 Å². The van der Waals surface area contributed by atoms with E-state index < -0.39 is 24.9 Å². The van der Waals surface area contributed by atoms with Crippen LogP contribution in [0.1, 0.15) is 11.7 Å². The van der Waals surface area contributed by atoms with Gasteiger partial charge in [-0.15, -0.1) is 10.2 Å². The number of benzene rings is 3. The van der Waals surface area contributed by atoms with Gasteiger partial charge in [-0.3, -0.25) is 4.57 Å². The minimum atomic E-state index is -5.89. The minimum Gasteiger partial charge on any atom is -0.457 e. The molecule has 0 amide bonds. The van der Waals surface area contributed by atoms with E-state index in [1.807, 2.05) is 0 Å². The van der Waals surface area contributed by atoms with Crippen molar-refractivity contribution in [2.45, 2.75) is 11.8 Å². The van der Waals surface area contributed by atoms with E-state index in [9.17, 15) is 18.5 Å². The first-order valence-electron chi connectivity index (χ1n) is 9.99. The number of rotatable bonds is 8. The van der Waals surface area contributed by atoms with Crippen molar-refractivity contribution in [3.63, 3.8) is 0 Å². The summed E-state index contributed by atoms with van der Waals surface area (Å²) < 4.78 is 44.6. The largest absolute Gasteiger partial charge is 0.457 e. The van der Waals surface area contributed by atoms with Crippen molar-refractivity contribution in [3.05, 3.63) is 82.3 Å². The molecule has 4 aromatic rings. The summed E-state index contributed by atoms with van der Waals surface area (Å²) in [4.78, 5) is 17.7. The van der Waals surface area contributed by atoms with Gasteiger partial charge in [-0.1, -0.05) is 58.8 Å². The Labute approximate surface area is 217 Å². The molecule has 0 saturated carbocycles. The third kappa shape index (κ3) is 5.84. The van der Waals surface area contributed by atoms with Gasteiger partial charge in [0, 0.05) is 11.3 Å². The average molecular weight is 574 g/mol. The van der Waals surface area contributed by atoms with Crippen LogP contribution in [0, 0.1) is 0 Å². The molecule has 0 bridgehead atoms. The first kappa shape index (κ1) is 26.4. The van der Waals surface area contributed by atoms with Crippen molar-refractivity contribution in [2.24, 2.45) is 0 Å². The zero-order valence-corrected chi connectivity index (χ0v) is 21.1. The van der Waals surface area contributed by atoms with Crippen LogP contribution in [-0.4, -0.2) is 30.8 Å². The van der Waals surface area contributed by atoms with Crippen molar-refractivity contribution in [1.82, 2.24) is 10.2 Å². The zero-order chi connectivity index (χ0) is 26.1. The van der Waals surface area contributed by atoms with E-state index in [0.717, 1.165) is 12.1 Å². The highest BCUT2D eigenvalue weighted by molar-refractivity contribution is 7.53. The van der Waals surface area contributed by atoms with Gasteiger partial charge in [0.25, 0.3) is 0 Å². The smallest absolute Gasteiger partial charge is 0.397 e. The quantitative estimate of drug-likeness (QED) is 0.169. The Morgan fingerprint density at radius 2 is 1.67 bits per heavy atom. The fourth-order valence-corrected chi connectivity index (χ4v) is 4.55. The maximum atomic E-state index is 13.9. The summed E-state index contributed by atoms with van der Waals surface area (Å²) in [5.41, 5.74) is -3.74. The van der Waals surface area contributed by atoms with Gasteiger partial charge in [0.1, 0.15) is 16.5 Å². The van der Waals surface area contributed by atoms with Crippen molar-refractivity contribution in [1.29, 1.82) is 0 Å². The standard InChI is InChI=1S/C22H16Cl2F2N3O5PS/c23-17-8-7-14(11-18(17)24)27-21-29-28-20(36-21)13-4-2-6-16(10-13)34-15-5-1-3-12(9-15)19(30)22(25,26)35(31,32)33/h1-11,19,30H,(H,27,29)(H2,31,32,33). The molecule has 0 spiro atoms. The number of nitrogens with one attached hydrogen (secondary N) is 1. The van der Waals surface area contributed by atoms with Crippen molar-refractivity contribution < 1.29 is 33.0 Å². The number of aromatic nitrogens is 2. The lowest BCUT2D eigenvalue weighted by molar-refractivity contribution is -0.0607. The van der Waals surface area contributed by atoms with Gasteiger partial charge in [-0.25, -0.2) is 0 Å². The third-order valence-electron chi connectivity index (χ3n) is 4.80. The predicted octanol–water partition coefficient (Wildman–Crippen LogP) is 6.85. The molecule has 3 aromatic carbocycles. The summed E-state index contributed by atoms with van der Waals surface area (Å²) in [6.45, 7) is 0. The summed E-state index contributed by atoms with van der Waals surface area (Å²) in [6.07, 6.45) is -2.73. The second-order valence-corrected chi connectivity index (χ2v) is 10.9. The summed E-state index contributed by atoms with van der Waals surface area (Å²) in [5.74, 6) is 0.402. The lowest BCUT2D eigenvalue weighted by atomic mass is 10.1. The molecular formula is C22H16Cl2F2N3O5PS. The predicted molar refractivity (Wildman–Crippen MR) is 134 cm³/mol. The molecule has 1 heterocycles. The maximum Gasteiger partial charge on any atom is 0.397 e. The topological polar surface area (TPSA) is 125 Å². The Morgan fingerprint density at radius 1 is 0.972 bits per heavy atom. The van der Waals surface area contributed by atoms with Crippen LogP contribution < -0.4 is 10.1 Å². The lowest BCUT2D eigenvalue weighted by Gasteiger charge is -2.23. The van der Waals surface area contributed by atoms with Gasteiger partial charge in [-0.2, -0.15) is 8.78 Å². The molecule has 4 rings (SSSR count). The van der Waals surface area contributed by atoms with Crippen LogP contribution in [0.25, 0.3) is 10.6 Å². The molecule has 0 radical (unpaired) electrons. The highest BCUT2D eigenvalue weighted by atomic mass is 35.5. The molecule has 36 heavy (non-hydrogen) atoms. The van der Waals surface area contributed by atoms with Gasteiger partial charge in [0.15, 0.2) is 6.10 Å². The summed E-state index contributed by atoms with van der Waals surface area (Å²) >= 11 is 13.2. The zero-order valence-electron chi connectivity index (χ0n) is 17.8. The Morgan fingerprint density at radius 3 is 2.36 bits per heavy atom. The monoisotopic (exact) mass is 573 g/mol. The first-order valence-corrected chi connectivity index (χ1v) is 13.2. The SMILES string of the molecule is O=P(O)(O)C(F)(F)C(O)c1cccc(Oc2cccc(-c3nnc(Nc4ccc(Cl)c(Cl)c4)s3)c2)c1. The highest BCUT2D eigenvalue weighted by Gasteiger charge is 2.55. The Hall–Kier alpha value is -2.63. The fraction of sp³-hybridized carbons (Fsp3) is 0.0909. The maximum absolute atomic E-state index is 13.9. The van der Waals surface area contributed by atoms with E-state index >= 15 is 0 Å². The molecule has 8 nitrogen and oxygen atoms in total. The molecule has 1 atom stereocenters. The summed E-state index contributed by atoms with van der Waals surface area (Å²) in [7, 11) is -5.89. The first-order chi connectivity index (χ1) is 16.9. The molecular weight excluding hydrogens is 558 g/mol. The van der Waals surface area contributed by atoms with E-state index in [1.165, 1.54) is 23.5 Å². The number of hydrogen-bond acceptors (Lipinski definition) is 7. The summed E-state index contributed by atoms with van der Waals surface area (Å²) in [5, 5.41) is 23.1. The number of anilines is 2. The molecule has 188 valence electrons. The van der Waals surface area contributed by atoms with Crippen LogP contribution in [0.2, 0.25) is 10.0 Å². The Bertz CT molecular complexity index is 1450. The van der Waals surface area contributed by atoms with E-state index in [0.29, 0.717) is 37.2 Å². The number of alkyl halides is 2. The number of aliphatic hydroxyl groups excluding tert-OH is 1. The lowest BCUT2D eigenvalue weighted by Crippen LogP contribution is -2.26. The van der Waals surface area contributed by atoms with Gasteiger partial charge in [0.05, 0.1) is 10.0 Å². The number of hydrogen-bond donors (Lipinski definition) is 4. The van der Waals surface area contributed by atoms with Gasteiger partial charge in [0.2, 0.25) is 5.13 Å². The van der Waals surface area contributed by atoms with Crippen LogP contribution in [-0.2, 0) is 4.57 Å². The Balaban J connectivity index is 1.51. The van der Waals surface area contributed by atoms with E-state index in [-0.39, 0.29) is 5.75 Å². The van der Waals surface area contributed by atoms with Crippen LogP contribution in [0.4, 0.5) is 19.6 Å². The van der Waals surface area contributed by atoms with Crippen LogP contribution >= 0.6 is 42.1 Å². The second-order valence-electron chi connectivity index (χ2n) is 7.40. The molecule has 1 unspecified atom stereocenters. The van der Waals surface area contributed by atoms with Crippen molar-refractivity contribution in [2.75, 3.05) is 5.32 Å². The van der Waals surface area contributed by atoms with Crippen LogP contribution in [0.3, 0.4) is 0 Å². The van der Waals surface area contributed by atoms with Crippen LogP contribution in [0.15, 0.2) is 66.7 Å². The highest BCUT2D eigenvalue weighted by Crippen LogP contribution is 2.58. The fourth-order valence-electron chi connectivity index (χ4n) is 3.02. The van der Waals surface area contributed by atoms with Crippen molar-refractivity contribution in [3.8, 4) is 22.1 Å². The number of halogens is 4. The minimum absolute atomic E-state index is 0.0736. The normalized spacial score (nSPS) is 12.9. The number of aliphatic hydroxyl groups is 1. The van der Waals surface area contributed by atoms with Crippen molar-refractivity contribution >= 4 is 53.0 Å². The van der Waals surface area contributed by atoms with Crippen LogP contribution in [0.5, 0.6) is 11.5 Å². The average Bonchev–Trinajstić information content (AvgIpc) is 3.29. The molecule has 0 aliphatic rings. The number of nitrogens with zero attached hydrogens (tertiary/aromatic N) is 2. The third-order valence-corrected chi connectivity index (χ3v) is 7.45. The summed E-state index contributed by atoms with van der Waals surface area (Å²) in [6, 6.07) is 16.7. The van der Waals surface area contributed by atoms with Gasteiger partial charge < -0.3 is 24.9 Å². The molecule has 14 heteroatoms. The molecule has 0 aliphatic heterocycles. The molecule has 0 saturated heterocycles. The molecule has 0 fully saturated rings.